The monoisotopic (exact) mass is 313 g/mol. The molecule has 2 aromatic carbocycles. The van der Waals surface area contributed by atoms with Crippen molar-refractivity contribution in [1.82, 2.24) is 0 Å². The quantitative estimate of drug-likeness (QED) is 0.707. The first-order valence-corrected chi connectivity index (χ1v) is 8.08. The molecule has 0 fully saturated rings. The van der Waals surface area contributed by atoms with Crippen LogP contribution in [0.4, 0.5) is 11.4 Å². The summed E-state index contributed by atoms with van der Waals surface area (Å²) < 4.78 is 0. The number of benzene rings is 2. The number of thiocarbonyl (C=S) groups is 1. The number of anilines is 2. The minimum Gasteiger partial charge on any atom is -0.332 e. The topological polar surface area (TPSA) is 50.1 Å². The van der Waals surface area contributed by atoms with E-state index in [0.29, 0.717) is 11.7 Å². The van der Waals surface area contributed by atoms with Crippen LogP contribution in [0.3, 0.4) is 0 Å². The SMILES string of the molecule is CCCc1ccc(NC(=S)Nc2ccc(CCN)cc2)cc1. The minimum absolute atomic E-state index is 0.592. The normalized spacial score (nSPS) is 10.3. The van der Waals surface area contributed by atoms with Crippen LogP contribution >= 0.6 is 12.2 Å². The number of nitrogens with one attached hydrogen (secondary N) is 2. The molecule has 0 saturated carbocycles. The van der Waals surface area contributed by atoms with Crippen LogP contribution in [0.25, 0.3) is 0 Å². The molecule has 0 aromatic heterocycles. The highest BCUT2D eigenvalue weighted by molar-refractivity contribution is 7.80. The standard InChI is InChI=1S/C18H23N3S/c1-2-3-14-4-8-16(9-5-14)20-18(22)21-17-10-6-15(7-11-17)12-13-19/h4-11H,2-3,12-13,19H2,1H3,(H2,20,21,22). The zero-order chi connectivity index (χ0) is 15.8. The third-order valence-corrected chi connectivity index (χ3v) is 3.60. The average molecular weight is 313 g/mol. The van der Waals surface area contributed by atoms with Gasteiger partial charge < -0.3 is 16.4 Å². The third-order valence-electron chi connectivity index (χ3n) is 3.40. The summed E-state index contributed by atoms with van der Waals surface area (Å²) in [6, 6.07) is 16.6. The van der Waals surface area contributed by atoms with Gasteiger partial charge in [-0.2, -0.15) is 0 Å². The summed E-state index contributed by atoms with van der Waals surface area (Å²) in [5, 5.41) is 6.98. The van der Waals surface area contributed by atoms with Crippen molar-refractivity contribution in [2.75, 3.05) is 17.2 Å². The molecule has 0 aliphatic carbocycles. The average Bonchev–Trinajstić information content (AvgIpc) is 2.52. The summed E-state index contributed by atoms with van der Waals surface area (Å²) in [6.07, 6.45) is 3.16. The smallest absolute Gasteiger partial charge is 0.175 e. The second-order valence-electron chi connectivity index (χ2n) is 5.26. The molecule has 0 unspecified atom stereocenters. The van der Waals surface area contributed by atoms with Crippen LogP contribution in [0.2, 0.25) is 0 Å². The second-order valence-corrected chi connectivity index (χ2v) is 5.67. The van der Waals surface area contributed by atoms with E-state index in [1.807, 2.05) is 12.1 Å². The van der Waals surface area contributed by atoms with E-state index in [1.165, 1.54) is 11.1 Å². The van der Waals surface area contributed by atoms with Gasteiger partial charge in [0.2, 0.25) is 0 Å². The molecule has 0 aliphatic rings. The Morgan fingerprint density at radius 1 is 0.864 bits per heavy atom. The molecule has 4 N–H and O–H groups in total. The molecule has 0 atom stereocenters. The van der Waals surface area contributed by atoms with Crippen LogP contribution in [-0.4, -0.2) is 11.7 Å². The first-order valence-electron chi connectivity index (χ1n) is 7.67. The van der Waals surface area contributed by atoms with Gasteiger partial charge >= 0.3 is 0 Å². The van der Waals surface area contributed by atoms with E-state index < -0.39 is 0 Å². The summed E-state index contributed by atoms with van der Waals surface area (Å²) in [7, 11) is 0. The summed E-state index contributed by atoms with van der Waals surface area (Å²) in [5.41, 5.74) is 10.1. The van der Waals surface area contributed by atoms with Gasteiger partial charge in [0.15, 0.2) is 5.11 Å². The first-order chi connectivity index (χ1) is 10.7. The molecule has 0 heterocycles. The lowest BCUT2D eigenvalue weighted by Crippen LogP contribution is -2.19. The molecular weight excluding hydrogens is 290 g/mol. The zero-order valence-corrected chi connectivity index (χ0v) is 13.7. The number of hydrogen-bond donors (Lipinski definition) is 3. The fraction of sp³-hybridized carbons (Fsp3) is 0.278. The number of hydrogen-bond acceptors (Lipinski definition) is 2. The number of nitrogens with two attached hydrogens (primary N) is 1. The number of aryl methyl sites for hydroxylation is 1. The van der Waals surface area contributed by atoms with Crippen molar-refractivity contribution < 1.29 is 0 Å². The summed E-state index contributed by atoms with van der Waals surface area (Å²) >= 11 is 5.34. The van der Waals surface area contributed by atoms with Gasteiger partial charge in [-0.25, -0.2) is 0 Å². The Morgan fingerprint density at radius 2 is 1.32 bits per heavy atom. The van der Waals surface area contributed by atoms with Gasteiger partial charge in [0.25, 0.3) is 0 Å². The van der Waals surface area contributed by atoms with Crippen molar-refractivity contribution in [3.63, 3.8) is 0 Å². The van der Waals surface area contributed by atoms with Crippen molar-refractivity contribution in [2.24, 2.45) is 5.73 Å². The van der Waals surface area contributed by atoms with Crippen LogP contribution in [0, 0.1) is 0 Å². The van der Waals surface area contributed by atoms with Crippen molar-refractivity contribution in [1.29, 1.82) is 0 Å². The molecular formula is C18H23N3S. The van der Waals surface area contributed by atoms with Crippen LogP contribution in [-0.2, 0) is 12.8 Å². The maximum atomic E-state index is 5.55. The Morgan fingerprint density at radius 3 is 1.73 bits per heavy atom. The van der Waals surface area contributed by atoms with Gasteiger partial charge in [0.1, 0.15) is 0 Å². The predicted molar refractivity (Wildman–Crippen MR) is 99.5 cm³/mol. The maximum Gasteiger partial charge on any atom is 0.175 e. The summed E-state index contributed by atoms with van der Waals surface area (Å²) in [5.74, 6) is 0. The van der Waals surface area contributed by atoms with E-state index in [9.17, 15) is 0 Å². The maximum absolute atomic E-state index is 5.55. The van der Waals surface area contributed by atoms with Crippen LogP contribution in [0.1, 0.15) is 24.5 Å². The molecule has 0 spiro atoms. The number of rotatable bonds is 6. The van der Waals surface area contributed by atoms with Crippen LogP contribution in [0.15, 0.2) is 48.5 Å². The molecule has 116 valence electrons. The second kappa shape index (κ2) is 8.51. The molecule has 3 nitrogen and oxygen atoms in total. The van der Waals surface area contributed by atoms with Crippen molar-refractivity contribution in [3.8, 4) is 0 Å². The molecule has 2 rings (SSSR count). The zero-order valence-electron chi connectivity index (χ0n) is 12.9. The fourth-order valence-electron chi connectivity index (χ4n) is 2.26. The molecule has 22 heavy (non-hydrogen) atoms. The molecule has 0 amide bonds. The highest BCUT2D eigenvalue weighted by Gasteiger charge is 2.00. The van der Waals surface area contributed by atoms with Crippen molar-refractivity contribution >= 4 is 28.7 Å². The highest BCUT2D eigenvalue weighted by Crippen LogP contribution is 2.13. The molecule has 0 aliphatic heterocycles. The Hall–Kier alpha value is -1.91. The Balaban J connectivity index is 1.89. The molecule has 4 heteroatoms. The van der Waals surface area contributed by atoms with Crippen molar-refractivity contribution in [3.05, 3.63) is 59.7 Å². The molecule has 0 bridgehead atoms. The minimum atomic E-state index is 0.592. The van der Waals surface area contributed by atoms with Crippen molar-refractivity contribution in [2.45, 2.75) is 26.2 Å². The summed E-state index contributed by atoms with van der Waals surface area (Å²) in [4.78, 5) is 0. The van der Waals surface area contributed by atoms with Crippen LogP contribution in [0.5, 0.6) is 0 Å². The lowest BCUT2D eigenvalue weighted by Gasteiger charge is -2.11. The van der Waals surface area contributed by atoms with Gasteiger partial charge in [0.05, 0.1) is 0 Å². The van der Waals surface area contributed by atoms with E-state index >= 15 is 0 Å². The fourth-order valence-corrected chi connectivity index (χ4v) is 2.49. The van der Waals surface area contributed by atoms with E-state index in [0.717, 1.165) is 30.6 Å². The van der Waals surface area contributed by atoms with E-state index in [-0.39, 0.29) is 0 Å². The largest absolute Gasteiger partial charge is 0.332 e. The Kier molecular flexibility index (Phi) is 6.37. The van der Waals surface area contributed by atoms with E-state index in [1.54, 1.807) is 0 Å². The molecule has 0 saturated heterocycles. The molecule has 0 radical (unpaired) electrons. The Bertz CT molecular complexity index is 537. The van der Waals surface area contributed by atoms with Gasteiger partial charge in [-0.05, 0) is 67.0 Å². The van der Waals surface area contributed by atoms with Gasteiger partial charge in [-0.1, -0.05) is 37.6 Å². The summed E-state index contributed by atoms with van der Waals surface area (Å²) in [6.45, 7) is 2.85. The highest BCUT2D eigenvalue weighted by atomic mass is 32.1. The van der Waals surface area contributed by atoms with Crippen LogP contribution < -0.4 is 16.4 Å². The van der Waals surface area contributed by atoms with Gasteiger partial charge in [0, 0.05) is 11.4 Å². The van der Waals surface area contributed by atoms with E-state index in [4.69, 9.17) is 18.0 Å². The Labute approximate surface area is 137 Å². The third kappa shape index (κ3) is 5.13. The van der Waals surface area contributed by atoms with E-state index in [2.05, 4.69) is 54.0 Å². The first kappa shape index (κ1) is 16.5. The lowest BCUT2D eigenvalue weighted by atomic mass is 10.1. The predicted octanol–water partition coefficient (Wildman–Crippen LogP) is 3.95. The molecule has 2 aromatic rings. The lowest BCUT2D eigenvalue weighted by molar-refractivity contribution is 0.922. The van der Waals surface area contributed by atoms with Gasteiger partial charge in [-0.15, -0.1) is 0 Å². The van der Waals surface area contributed by atoms with Gasteiger partial charge in [-0.3, -0.25) is 0 Å².